The molecular weight excluding hydrogens is 544 g/mol. The number of nitrogens with one attached hydrogen (secondary N) is 3. The standard InChI is InChI=1S/C33H28N6O4/c1-33(2,3)43-32(42)19-10-12-21(13-11-19)35-28(20-7-6-16-34-18-20)27-23-15-14-22(17-26(23)39-30(27)40)36-31(41)29-37-24-8-4-5-9-25(24)38-29/h4-18,39-40H,1-3H3,(H,36,41)(H,37,38). The van der Waals surface area contributed by atoms with Gasteiger partial charge in [0.1, 0.15) is 5.60 Å². The van der Waals surface area contributed by atoms with Crippen LogP contribution in [0.2, 0.25) is 0 Å². The summed E-state index contributed by atoms with van der Waals surface area (Å²) in [6.45, 7) is 5.44. The number of imidazole rings is 1. The zero-order valence-corrected chi connectivity index (χ0v) is 23.7. The molecule has 0 atom stereocenters. The summed E-state index contributed by atoms with van der Waals surface area (Å²) in [5.41, 5.74) is 4.55. The van der Waals surface area contributed by atoms with Gasteiger partial charge < -0.3 is 25.1 Å². The van der Waals surface area contributed by atoms with Crippen LogP contribution in [0.3, 0.4) is 0 Å². The monoisotopic (exact) mass is 572 g/mol. The van der Waals surface area contributed by atoms with E-state index in [-0.39, 0.29) is 17.6 Å². The third-order valence-electron chi connectivity index (χ3n) is 6.56. The van der Waals surface area contributed by atoms with Crippen molar-refractivity contribution in [2.75, 3.05) is 5.32 Å². The SMILES string of the molecule is CC(C)(C)OC(=O)c1ccc(N=C(c2cccnc2)c2c(O)[nH]c3cc(NC(=O)c4nc5ccccc5[nH]4)ccc23)cc1. The molecule has 0 bridgehead atoms. The molecule has 3 aromatic carbocycles. The predicted octanol–water partition coefficient (Wildman–Crippen LogP) is 6.52. The number of rotatable bonds is 6. The van der Waals surface area contributed by atoms with Crippen molar-refractivity contribution in [3.8, 4) is 5.88 Å². The number of hydrogen-bond donors (Lipinski definition) is 4. The number of aromatic hydroxyl groups is 1. The first-order valence-corrected chi connectivity index (χ1v) is 13.6. The number of benzene rings is 3. The molecule has 3 aromatic heterocycles. The van der Waals surface area contributed by atoms with Crippen molar-refractivity contribution >= 4 is 50.9 Å². The van der Waals surface area contributed by atoms with Gasteiger partial charge in [-0.2, -0.15) is 0 Å². The number of hydrogen-bond acceptors (Lipinski definition) is 7. The lowest BCUT2D eigenvalue weighted by Gasteiger charge is -2.19. The molecule has 3 heterocycles. The lowest BCUT2D eigenvalue weighted by molar-refractivity contribution is 0.00694. The van der Waals surface area contributed by atoms with Gasteiger partial charge in [-0.25, -0.2) is 14.8 Å². The summed E-state index contributed by atoms with van der Waals surface area (Å²) in [4.78, 5) is 44.8. The maximum atomic E-state index is 12.9. The van der Waals surface area contributed by atoms with Crippen molar-refractivity contribution in [3.63, 3.8) is 0 Å². The van der Waals surface area contributed by atoms with Gasteiger partial charge in [0.05, 0.1) is 39.1 Å². The highest BCUT2D eigenvalue weighted by atomic mass is 16.6. The highest BCUT2D eigenvalue weighted by Crippen LogP contribution is 2.33. The summed E-state index contributed by atoms with van der Waals surface area (Å²) in [7, 11) is 0. The molecule has 214 valence electrons. The Labute approximate surface area is 246 Å². The summed E-state index contributed by atoms with van der Waals surface area (Å²) in [6, 6.07) is 23.1. The van der Waals surface area contributed by atoms with Crippen LogP contribution < -0.4 is 5.32 Å². The van der Waals surface area contributed by atoms with Crippen LogP contribution >= 0.6 is 0 Å². The molecule has 0 saturated heterocycles. The zero-order valence-electron chi connectivity index (χ0n) is 23.7. The highest BCUT2D eigenvalue weighted by Gasteiger charge is 2.21. The van der Waals surface area contributed by atoms with Gasteiger partial charge in [0.15, 0.2) is 11.7 Å². The number of ether oxygens (including phenoxy) is 1. The molecule has 0 saturated carbocycles. The summed E-state index contributed by atoms with van der Waals surface area (Å²) in [5, 5.41) is 14.6. The maximum absolute atomic E-state index is 12.9. The number of esters is 1. The smallest absolute Gasteiger partial charge is 0.338 e. The molecule has 6 rings (SSSR count). The Bertz CT molecular complexity index is 1970. The van der Waals surface area contributed by atoms with E-state index in [4.69, 9.17) is 9.73 Å². The quantitative estimate of drug-likeness (QED) is 0.132. The minimum absolute atomic E-state index is 0.0938. The van der Waals surface area contributed by atoms with Crippen LogP contribution in [0, 0.1) is 0 Å². The minimum atomic E-state index is -0.607. The molecule has 10 heteroatoms. The number of amides is 1. The molecule has 0 aliphatic heterocycles. The number of anilines is 1. The van der Waals surface area contributed by atoms with Crippen LogP contribution in [0.25, 0.3) is 21.9 Å². The van der Waals surface area contributed by atoms with E-state index in [0.29, 0.717) is 50.2 Å². The van der Waals surface area contributed by atoms with Crippen molar-refractivity contribution in [2.24, 2.45) is 4.99 Å². The first kappa shape index (κ1) is 27.4. The van der Waals surface area contributed by atoms with Gasteiger partial charge in [-0.3, -0.25) is 9.78 Å². The molecule has 0 aliphatic carbocycles. The van der Waals surface area contributed by atoms with Crippen LogP contribution in [-0.2, 0) is 4.74 Å². The van der Waals surface area contributed by atoms with Crippen LogP contribution in [0.4, 0.5) is 11.4 Å². The zero-order chi connectivity index (χ0) is 30.1. The first-order valence-electron chi connectivity index (χ1n) is 13.6. The van der Waals surface area contributed by atoms with E-state index in [1.165, 1.54) is 0 Å². The molecule has 0 radical (unpaired) electrons. The number of aromatic nitrogens is 4. The van der Waals surface area contributed by atoms with Crippen molar-refractivity contribution in [3.05, 3.63) is 114 Å². The number of carbonyl (C=O) groups excluding carboxylic acids is 2. The Morgan fingerprint density at radius 3 is 2.42 bits per heavy atom. The number of aromatic amines is 2. The van der Waals surface area contributed by atoms with Gasteiger partial charge in [0.25, 0.3) is 5.91 Å². The largest absolute Gasteiger partial charge is 0.494 e. The van der Waals surface area contributed by atoms with Gasteiger partial charge >= 0.3 is 5.97 Å². The fourth-order valence-corrected chi connectivity index (χ4v) is 4.66. The fraction of sp³-hybridized carbons (Fsp3) is 0.121. The van der Waals surface area contributed by atoms with E-state index in [0.717, 1.165) is 5.52 Å². The van der Waals surface area contributed by atoms with Gasteiger partial charge in [-0.1, -0.05) is 12.1 Å². The molecule has 0 unspecified atom stereocenters. The predicted molar refractivity (Wildman–Crippen MR) is 165 cm³/mol. The maximum Gasteiger partial charge on any atom is 0.338 e. The van der Waals surface area contributed by atoms with Crippen LogP contribution in [-0.4, -0.2) is 48.2 Å². The van der Waals surface area contributed by atoms with E-state index in [2.05, 4.69) is 25.3 Å². The van der Waals surface area contributed by atoms with E-state index in [9.17, 15) is 14.7 Å². The number of pyridine rings is 1. The van der Waals surface area contributed by atoms with Crippen LogP contribution in [0.5, 0.6) is 5.88 Å². The summed E-state index contributed by atoms with van der Waals surface area (Å²) in [5.74, 6) is -0.712. The summed E-state index contributed by atoms with van der Waals surface area (Å²) < 4.78 is 5.46. The average molecular weight is 573 g/mol. The molecule has 0 fully saturated rings. The Balaban J connectivity index is 1.33. The lowest BCUT2D eigenvalue weighted by atomic mass is 10.0. The Hall–Kier alpha value is -5.77. The molecule has 1 amide bonds. The molecule has 4 N–H and O–H groups in total. The van der Waals surface area contributed by atoms with Gasteiger partial charge in [-0.15, -0.1) is 0 Å². The number of fused-ring (bicyclic) bond motifs is 2. The highest BCUT2D eigenvalue weighted by molar-refractivity contribution is 6.22. The molecule has 0 spiro atoms. The van der Waals surface area contributed by atoms with Crippen molar-refractivity contribution in [2.45, 2.75) is 26.4 Å². The summed E-state index contributed by atoms with van der Waals surface area (Å²) >= 11 is 0. The second kappa shape index (κ2) is 10.9. The number of para-hydroxylation sites is 2. The second-order valence-electron chi connectivity index (χ2n) is 10.9. The number of aliphatic imine (C=N–C) groups is 1. The van der Waals surface area contributed by atoms with Crippen LogP contribution in [0.1, 0.15) is 52.9 Å². The molecular formula is C33H28N6O4. The Morgan fingerprint density at radius 1 is 0.907 bits per heavy atom. The normalized spacial score (nSPS) is 12.0. The summed E-state index contributed by atoms with van der Waals surface area (Å²) in [6.07, 6.45) is 3.32. The van der Waals surface area contributed by atoms with E-state index < -0.39 is 11.6 Å². The van der Waals surface area contributed by atoms with Crippen LogP contribution in [0.15, 0.2) is 96.2 Å². The molecule has 43 heavy (non-hydrogen) atoms. The fourth-order valence-electron chi connectivity index (χ4n) is 4.66. The average Bonchev–Trinajstić information content (AvgIpc) is 3.56. The van der Waals surface area contributed by atoms with Gasteiger partial charge in [0, 0.05) is 29.0 Å². The first-order chi connectivity index (χ1) is 20.6. The Morgan fingerprint density at radius 2 is 1.70 bits per heavy atom. The second-order valence-corrected chi connectivity index (χ2v) is 10.9. The van der Waals surface area contributed by atoms with Gasteiger partial charge in [-0.05, 0) is 87.5 Å². The number of nitrogens with zero attached hydrogens (tertiary/aromatic N) is 3. The number of H-pyrrole nitrogens is 2. The van der Waals surface area contributed by atoms with Crippen molar-refractivity contribution < 1.29 is 19.4 Å². The van der Waals surface area contributed by atoms with E-state index in [1.807, 2.05) is 51.1 Å². The molecule has 6 aromatic rings. The van der Waals surface area contributed by atoms with Gasteiger partial charge in [0.2, 0.25) is 0 Å². The molecule has 10 nitrogen and oxygen atoms in total. The molecule has 0 aliphatic rings. The third-order valence-corrected chi connectivity index (χ3v) is 6.56. The van der Waals surface area contributed by atoms with Crippen molar-refractivity contribution in [1.82, 2.24) is 19.9 Å². The van der Waals surface area contributed by atoms with E-state index in [1.54, 1.807) is 60.9 Å². The number of carbonyl (C=O) groups is 2. The minimum Gasteiger partial charge on any atom is -0.494 e. The van der Waals surface area contributed by atoms with Crippen molar-refractivity contribution in [1.29, 1.82) is 0 Å². The third kappa shape index (κ3) is 5.84. The topological polar surface area (TPSA) is 145 Å². The van der Waals surface area contributed by atoms with E-state index >= 15 is 0 Å². The lowest BCUT2D eigenvalue weighted by Crippen LogP contribution is -2.23. The Kier molecular flexibility index (Phi) is 6.95.